The zero-order valence-corrected chi connectivity index (χ0v) is 22.8. The molecular formula is C26H30FN7O4S. The number of hydrogen-bond acceptors (Lipinski definition) is 8. The van der Waals surface area contributed by atoms with Gasteiger partial charge in [-0.25, -0.2) is 14.4 Å². The van der Waals surface area contributed by atoms with Gasteiger partial charge in [0.1, 0.15) is 22.4 Å². The Morgan fingerprint density at radius 3 is 2.72 bits per heavy atom. The number of fused-ring (bicyclic) bond motifs is 1. The lowest BCUT2D eigenvalue weighted by atomic mass is 10.2. The van der Waals surface area contributed by atoms with Crippen molar-refractivity contribution in [3.8, 4) is 22.8 Å². The van der Waals surface area contributed by atoms with Crippen molar-refractivity contribution in [2.75, 3.05) is 27.4 Å². The number of aromatic nitrogens is 5. The van der Waals surface area contributed by atoms with Crippen LogP contribution in [0.4, 0.5) is 10.1 Å². The third-order valence-corrected chi connectivity index (χ3v) is 6.58. The standard InChI is InChI=1S/C26H28FN7O4.H2S/c1-32-14-16(12-29-32)21-13-28-19-5-6-23(30-20-10-18(37-2)11-22(38-3)25(20)27)34(26(19)31-21)15-17-4-7-24(36)33(17)8-9-35;/h5-6,10-14,17,35H,4,7-9,15H2,1-3H3;1H2. The van der Waals surface area contributed by atoms with E-state index in [-0.39, 0.29) is 50.0 Å². The van der Waals surface area contributed by atoms with Gasteiger partial charge in [-0.1, -0.05) is 0 Å². The zero-order valence-electron chi connectivity index (χ0n) is 21.8. The first-order valence-corrected chi connectivity index (χ1v) is 12.1. The van der Waals surface area contributed by atoms with Gasteiger partial charge < -0.3 is 24.0 Å². The van der Waals surface area contributed by atoms with Gasteiger partial charge in [-0.15, -0.1) is 0 Å². The highest BCUT2D eigenvalue weighted by atomic mass is 32.1. The van der Waals surface area contributed by atoms with Gasteiger partial charge in [0.2, 0.25) is 5.91 Å². The summed E-state index contributed by atoms with van der Waals surface area (Å²) in [6.07, 6.45) is 6.20. The molecule has 0 spiro atoms. The van der Waals surface area contributed by atoms with E-state index < -0.39 is 5.82 Å². The summed E-state index contributed by atoms with van der Waals surface area (Å²) in [4.78, 5) is 28.3. The van der Waals surface area contributed by atoms with Crippen LogP contribution in [0.3, 0.4) is 0 Å². The zero-order chi connectivity index (χ0) is 26.8. The fraction of sp³-hybridized carbons (Fsp3) is 0.346. The number of ether oxygens (including phenoxy) is 2. The lowest BCUT2D eigenvalue weighted by Gasteiger charge is -2.25. The van der Waals surface area contributed by atoms with E-state index in [1.54, 1.807) is 34.1 Å². The van der Waals surface area contributed by atoms with Crippen LogP contribution in [0.5, 0.6) is 11.5 Å². The molecule has 1 aliphatic heterocycles. The Balaban J connectivity index is 0.00000353. The Hall–Kier alpha value is -3.97. The normalized spacial score (nSPS) is 15.6. The van der Waals surface area contributed by atoms with Gasteiger partial charge in [-0.05, 0) is 18.6 Å². The molecule has 1 unspecified atom stereocenters. The summed E-state index contributed by atoms with van der Waals surface area (Å²) in [6, 6.07) is 6.24. The predicted octanol–water partition coefficient (Wildman–Crippen LogP) is 2.32. The number of pyridine rings is 1. The second-order valence-electron chi connectivity index (χ2n) is 8.95. The Morgan fingerprint density at radius 2 is 2.03 bits per heavy atom. The number of rotatable bonds is 8. The highest BCUT2D eigenvalue weighted by molar-refractivity contribution is 7.59. The maximum atomic E-state index is 15.2. The molecule has 0 radical (unpaired) electrons. The molecule has 1 atom stereocenters. The van der Waals surface area contributed by atoms with Gasteiger partial charge >= 0.3 is 0 Å². The van der Waals surface area contributed by atoms with E-state index in [1.807, 2.05) is 17.8 Å². The molecule has 1 fully saturated rings. The van der Waals surface area contributed by atoms with Gasteiger partial charge in [0.15, 0.2) is 17.2 Å². The minimum absolute atomic E-state index is 0. The van der Waals surface area contributed by atoms with E-state index in [4.69, 9.17) is 14.5 Å². The number of amides is 1. The van der Waals surface area contributed by atoms with Crippen molar-refractivity contribution in [3.05, 3.63) is 54.2 Å². The number of aryl methyl sites for hydroxylation is 1. The third-order valence-electron chi connectivity index (χ3n) is 6.58. The van der Waals surface area contributed by atoms with Crippen LogP contribution in [0.2, 0.25) is 0 Å². The van der Waals surface area contributed by atoms with Crippen LogP contribution in [0.1, 0.15) is 12.8 Å². The molecule has 13 heteroatoms. The van der Waals surface area contributed by atoms with Crippen molar-refractivity contribution in [3.63, 3.8) is 0 Å². The quantitative estimate of drug-likeness (QED) is 0.354. The minimum Gasteiger partial charge on any atom is -0.497 e. The van der Waals surface area contributed by atoms with Crippen molar-refractivity contribution in [1.82, 2.24) is 29.2 Å². The summed E-state index contributed by atoms with van der Waals surface area (Å²) < 4.78 is 29.2. The largest absolute Gasteiger partial charge is 0.497 e. The number of carbonyl (C=O) groups excluding carboxylic acids is 1. The summed E-state index contributed by atoms with van der Waals surface area (Å²) in [5.41, 5.74) is 2.97. The number of likely N-dealkylation sites (tertiary alicyclic amines) is 1. The van der Waals surface area contributed by atoms with E-state index in [0.29, 0.717) is 47.5 Å². The van der Waals surface area contributed by atoms with Gasteiger partial charge in [-0.3, -0.25) is 14.5 Å². The molecule has 1 aliphatic rings. The van der Waals surface area contributed by atoms with Gasteiger partial charge in [-0.2, -0.15) is 18.6 Å². The van der Waals surface area contributed by atoms with Crippen molar-refractivity contribution in [2.24, 2.45) is 12.0 Å². The van der Waals surface area contributed by atoms with Crippen molar-refractivity contribution in [1.29, 1.82) is 0 Å². The fourth-order valence-electron chi connectivity index (χ4n) is 4.67. The highest BCUT2D eigenvalue weighted by Crippen LogP contribution is 2.32. The monoisotopic (exact) mass is 555 g/mol. The van der Waals surface area contributed by atoms with Crippen molar-refractivity contribution >= 4 is 36.3 Å². The number of carbonyl (C=O) groups is 1. The summed E-state index contributed by atoms with van der Waals surface area (Å²) in [7, 11) is 4.67. The maximum absolute atomic E-state index is 15.2. The van der Waals surface area contributed by atoms with E-state index in [9.17, 15) is 9.90 Å². The van der Waals surface area contributed by atoms with Gasteiger partial charge in [0.05, 0.1) is 45.0 Å². The van der Waals surface area contributed by atoms with Crippen LogP contribution >= 0.6 is 13.5 Å². The molecule has 1 saturated heterocycles. The van der Waals surface area contributed by atoms with E-state index in [2.05, 4.69) is 15.1 Å². The molecule has 4 heterocycles. The Labute approximate surface area is 231 Å². The SMILES string of the molecule is COc1cc(N=c2ccc3ncc(-c4cnn(C)c4)nc3n2CC2CCC(=O)N2CCO)c(F)c(OC)c1.S. The maximum Gasteiger partial charge on any atom is 0.223 e. The highest BCUT2D eigenvalue weighted by Gasteiger charge is 2.31. The van der Waals surface area contributed by atoms with Crippen LogP contribution in [-0.4, -0.2) is 73.6 Å². The molecule has 11 nitrogen and oxygen atoms in total. The van der Waals surface area contributed by atoms with Crippen molar-refractivity contribution in [2.45, 2.75) is 25.4 Å². The number of β-amino-alcohol motifs (C(OH)–C–C–N with tert-alkyl or cyclic N) is 1. The molecule has 0 bridgehead atoms. The molecule has 4 aromatic rings. The molecule has 5 rings (SSSR count). The molecule has 3 aromatic heterocycles. The lowest BCUT2D eigenvalue weighted by molar-refractivity contribution is -0.129. The Kier molecular flexibility index (Phi) is 8.51. The molecule has 1 aromatic carbocycles. The number of benzene rings is 1. The predicted molar refractivity (Wildman–Crippen MR) is 147 cm³/mol. The van der Waals surface area contributed by atoms with Gasteiger partial charge in [0, 0.05) is 50.5 Å². The third kappa shape index (κ3) is 5.59. The van der Waals surface area contributed by atoms with Crippen LogP contribution in [0.25, 0.3) is 22.4 Å². The fourth-order valence-corrected chi connectivity index (χ4v) is 4.67. The van der Waals surface area contributed by atoms with Crippen LogP contribution in [0.15, 0.2) is 47.8 Å². The first-order valence-electron chi connectivity index (χ1n) is 12.1. The topological polar surface area (TPSA) is 120 Å². The number of halogens is 1. The smallest absolute Gasteiger partial charge is 0.223 e. The molecule has 1 N–H and O–H groups in total. The molecule has 0 aliphatic carbocycles. The first kappa shape index (κ1) is 28.0. The second-order valence-corrected chi connectivity index (χ2v) is 8.95. The lowest BCUT2D eigenvalue weighted by Crippen LogP contribution is -2.40. The van der Waals surface area contributed by atoms with Crippen LogP contribution < -0.4 is 15.0 Å². The summed E-state index contributed by atoms with van der Waals surface area (Å²) in [5.74, 6) is -0.254. The first-order chi connectivity index (χ1) is 18.4. The number of hydrogen-bond donors (Lipinski definition) is 1. The number of aliphatic hydroxyl groups is 1. The van der Waals surface area contributed by atoms with Crippen molar-refractivity contribution < 1.29 is 23.8 Å². The van der Waals surface area contributed by atoms with E-state index in [1.165, 1.54) is 26.4 Å². The van der Waals surface area contributed by atoms with Crippen LogP contribution in [-0.2, 0) is 18.4 Å². The summed E-state index contributed by atoms with van der Waals surface area (Å²) in [6.45, 7) is 0.422. The summed E-state index contributed by atoms with van der Waals surface area (Å²) >= 11 is 0. The average Bonchev–Trinajstić information content (AvgIpc) is 3.51. The molecule has 0 saturated carbocycles. The molecule has 39 heavy (non-hydrogen) atoms. The van der Waals surface area contributed by atoms with Crippen LogP contribution in [0, 0.1) is 5.82 Å². The Bertz CT molecular complexity index is 1570. The van der Waals surface area contributed by atoms with E-state index in [0.717, 1.165) is 5.56 Å². The Morgan fingerprint density at radius 1 is 1.21 bits per heavy atom. The number of nitrogens with zero attached hydrogens (tertiary/aromatic N) is 7. The number of methoxy groups -OCH3 is 2. The average molecular weight is 556 g/mol. The molecule has 1 amide bonds. The number of aliphatic hydroxyl groups excluding tert-OH is 1. The molecule has 206 valence electrons. The minimum atomic E-state index is -0.631. The van der Waals surface area contributed by atoms with Gasteiger partial charge in [0.25, 0.3) is 0 Å². The van der Waals surface area contributed by atoms with E-state index >= 15 is 4.39 Å². The summed E-state index contributed by atoms with van der Waals surface area (Å²) in [5, 5.41) is 13.8. The second kappa shape index (κ2) is 11.8. The molecular weight excluding hydrogens is 525 g/mol.